The lowest BCUT2D eigenvalue weighted by atomic mass is 9.87. The van der Waals surface area contributed by atoms with Gasteiger partial charge in [0.15, 0.2) is 0 Å². The molecule has 0 spiro atoms. The summed E-state index contributed by atoms with van der Waals surface area (Å²) >= 11 is 0. The molecule has 0 aromatic rings. The first-order valence-electron chi connectivity index (χ1n) is 4.70. The predicted molar refractivity (Wildman–Crippen MR) is 48.4 cm³/mol. The van der Waals surface area contributed by atoms with Gasteiger partial charge in [-0.2, -0.15) is 0 Å². The number of nitrogens with zero attached hydrogens (tertiary/aromatic N) is 1. The highest BCUT2D eigenvalue weighted by atomic mass is 15.1. The topological polar surface area (TPSA) is 29.3 Å². The van der Waals surface area contributed by atoms with Crippen LogP contribution in [0.2, 0.25) is 0 Å². The summed E-state index contributed by atoms with van der Waals surface area (Å²) < 4.78 is 0. The quantitative estimate of drug-likeness (QED) is 0.644. The van der Waals surface area contributed by atoms with E-state index >= 15 is 0 Å². The van der Waals surface area contributed by atoms with E-state index in [9.17, 15) is 0 Å². The fourth-order valence-electron chi connectivity index (χ4n) is 1.82. The Bertz CT molecular complexity index is 114. The minimum atomic E-state index is 0.740. The van der Waals surface area contributed by atoms with Gasteiger partial charge in [-0.3, -0.25) is 0 Å². The van der Waals surface area contributed by atoms with Crippen molar-refractivity contribution in [1.29, 1.82) is 0 Å². The molecule has 2 unspecified atom stereocenters. The first-order valence-corrected chi connectivity index (χ1v) is 4.70. The minimum absolute atomic E-state index is 0.740. The van der Waals surface area contributed by atoms with Crippen molar-refractivity contribution in [2.45, 2.75) is 20.3 Å². The highest BCUT2D eigenvalue weighted by Crippen LogP contribution is 2.21. The van der Waals surface area contributed by atoms with Crippen LogP contribution in [-0.4, -0.2) is 31.1 Å². The van der Waals surface area contributed by atoms with Crippen molar-refractivity contribution in [3.8, 4) is 0 Å². The predicted octanol–water partition coefficient (Wildman–Crippen LogP) is 0.923. The molecule has 0 aromatic carbocycles. The number of rotatable bonds is 2. The second kappa shape index (κ2) is 4.07. The Hall–Kier alpha value is -0.0800. The molecule has 2 heteroatoms. The number of nitrogens with two attached hydrogens (primary N) is 1. The van der Waals surface area contributed by atoms with E-state index in [1.807, 2.05) is 0 Å². The molecule has 66 valence electrons. The highest BCUT2D eigenvalue weighted by molar-refractivity contribution is 4.77. The molecule has 1 aliphatic rings. The van der Waals surface area contributed by atoms with Gasteiger partial charge in [0.05, 0.1) is 0 Å². The first-order chi connectivity index (χ1) is 5.27. The van der Waals surface area contributed by atoms with Crippen LogP contribution >= 0.6 is 0 Å². The normalized spacial score (nSPS) is 34.1. The van der Waals surface area contributed by atoms with Gasteiger partial charge in [0.25, 0.3) is 0 Å². The zero-order valence-electron chi connectivity index (χ0n) is 7.71. The summed E-state index contributed by atoms with van der Waals surface area (Å²) in [5.41, 5.74) is 5.68. The van der Waals surface area contributed by atoms with Crippen molar-refractivity contribution in [2.75, 3.05) is 26.2 Å². The average molecular weight is 156 g/mol. The maximum Gasteiger partial charge on any atom is 0.00242 e. The van der Waals surface area contributed by atoms with Crippen LogP contribution in [0, 0.1) is 11.8 Å². The largest absolute Gasteiger partial charge is 0.330 e. The van der Waals surface area contributed by atoms with Crippen LogP contribution in [0.1, 0.15) is 20.3 Å². The van der Waals surface area contributed by atoms with E-state index in [0.29, 0.717) is 0 Å². The zero-order chi connectivity index (χ0) is 8.27. The number of hydrogen-bond donors (Lipinski definition) is 1. The summed E-state index contributed by atoms with van der Waals surface area (Å²) in [7, 11) is 0. The van der Waals surface area contributed by atoms with Crippen molar-refractivity contribution in [3.63, 3.8) is 0 Å². The molecule has 1 fully saturated rings. The van der Waals surface area contributed by atoms with E-state index in [-0.39, 0.29) is 0 Å². The van der Waals surface area contributed by atoms with Gasteiger partial charge < -0.3 is 10.6 Å². The maximum atomic E-state index is 5.68. The van der Waals surface area contributed by atoms with Gasteiger partial charge in [-0.05, 0) is 37.9 Å². The summed E-state index contributed by atoms with van der Waals surface area (Å²) in [5.74, 6) is 1.58. The molecule has 0 aromatic heterocycles. The Morgan fingerprint density at radius 3 is 2.82 bits per heavy atom. The van der Waals surface area contributed by atoms with Gasteiger partial charge in [0.1, 0.15) is 0 Å². The van der Waals surface area contributed by atoms with Crippen LogP contribution < -0.4 is 5.73 Å². The molecule has 0 saturated carbocycles. The minimum Gasteiger partial charge on any atom is -0.330 e. The van der Waals surface area contributed by atoms with Crippen molar-refractivity contribution < 1.29 is 0 Å². The second-order valence-corrected chi connectivity index (χ2v) is 3.65. The lowest BCUT2D eigenvalue weighted by Gasteiger charge is -2.35. The SMILES string of the molecule is CCN1CCC(C)C(CN)C1. The van der Waals surface area contributed by atoms with Crippen LogP contribution in [-0.2, 0) is 0 Å². The van der Waals surface area contributed by atoms with Crippen molar-refractivity contribution >= 4 is 0 Å². The average Bonchev–Trinajstić information content (AvgIpc) is 2.05. The molecule has 1 saturated heterocycles. The zero-order valence-corrected chi connectivity index (χ0v) is 7.71. The molecule has 11 heavy (non-hydrogen) atoms. The Labute approximate surface area is 69.8 Å². The van der Waals surface area contributed by atoms with Gasteiger partial charge in [-0.15, -0.1) is 0 Å². The molecule has 0 aliphatic carbocycles. The smallest absolute Gasteiger partial charge is 0.00242 e. The van der Waals surface area contributed by atoms with E-state index in [0.717, 1.165) is 18.4 Å². The van der Waals surface area contributed by atoms with Gasteiger partial charge in [-0.25, -0.2) is 0 Å². The van der Waals surface area contributed by atoms with Crippen LogP contribution in [0.3, 0.4) is 0 Å². The summed E-state index contributed by atoms with van der Waals surface area (Å²) in [6.45, 7) is 9.08. The highest BCUT2D eigenvalue weighted by Gasteiger charge is 2.23. The monoisotopic (exact) mass is 156 g/mol. The Morgan fingerprint density at radius 2 is 2.27 bits per heavy atom. The summed E-state index contributed by atoms with van der Waals surface area (Å²) in [6, 6.07) is 0. The number of likely N-dealkylation sites (tertiary alicyclic amines) is 1. The molecular formula is C9H20N2. The Balaban J connectivity index is 2.37. The maximum absolute atomic E-state index is 5.68. The fourth-order valence-corrected chi connectivity index (χ4v) is 1.82. The van der Waals surface area contributed by atoms with Gasteiger partial charge in [0, 0.05) is 6.54 Å². The van der Waals surface area contributed by atoms with Crippen molar-refractivity contribution in [2.24, 2.45) is 17.6 Å². The molecular weight excluding hydrogens is 136 g/mol. The standard InChI is InChI=1S/C9H20N2/c1-3-11-5-4-8(2)9(6-10)7-11/h8-9H,3-7,10H2,1-2H3. The third-order valence-electron chi connectivity index (χ3n) is 2.95. The molecule has 1 heterocycles. The first kappa shape index (κ1) is 9.01. The molecule has 0 bridgehead atoms. The summed E-state index contributed by atoms with van der Waals surface area (Å²) in [6.07, 6.45) is 1.33. The van der Waals surface area contributed by atoms with Crippen LogP contribution in [0.4, 0.5) is 0 Å². The third kappa shape index (κ3) is 2.17. The third-order valence-corrected chi connectivity index (χ3v) is 2.95. The number of hydrogen-bond acceptors (Lipinski definition) is 2. The van der Waals surface area contributed by atoms with E-state index < -0.39 is 0 Å². The van der Waals surface area contributed by atoms with E-state index in [2.05, 4.69) is 18.7 Å². The Kier molecular flexibility index (Phi) is 3.34. The fraction of sp³-hybridized carbons (Fsp3) is 1.00. The van der Waals surface area contributed by atoms with Gasteiger partial charge in [0.2, 0.25) is 0 Å². The van der Waals surface area contributed by atoms with Crippen molar-refractivity contribution in [3.05, 3.63) is 0 Å². The molecule has 2 nitrogen and oxygen atoms in total. The molecule has 2 N–H and O–H groups in total. The van der Waals surface area contributed by atoms with Crippen LogP contribution in [0.5, 0.6) is 0 Å². The Morgan fingerprint density at radius 1 is 1.55 bits per heavy atom. The lowest BCUT2D eigenvalue weighted by molar-refractivity contribution is 0.138. The molecule has 0 amide bonds. The molecule has 1 aliphatic heterocycles. The molecule has 0 radical (unpaired) electrons. The number of piperidine rings is 1. The van der Waals surface area contributed by atoms with E-state index in [1.165, 1.54) is 26.1 Å². The lowest BCUT2D eigenvalue weighted by Crippen LogP contribution is -2.42. The van der Waals surface area contributed by atoms with E-state index in [1.54, 1.807) is 0 Å². The van der Waals surface area contributed by atoms with E-state index in [4.69, 9.17) is 5.73 Å². The summed E-state index contributed by atoms with van der Waals surface area (Å²) in [5, 5.41) is 0. The van der Waals surface area contributed by atoms with Crippen LogP contribution in [0.15, 0.2) is 0 Å². The van der Waals surface area contributed by atoms with Gasteiger partial charge >= 0.3 is 0 Å². The van der Waals surface area contributed by atoms with Gasteiger partial charge in [-0.1, -0.05) is 13.8 Å². The van der Waals surface area contributed by atoms with Crippen LogP contribution in [0.25, 0.3) is 0 Å². The molecule has 1 rings (SSSR count). The second-order valence-electron chi connectivity index (χ2n) is 3.65. The molecule has 2 atom stereocenters. The summed E-state index contributed by atoms with van der Waals surface area (Å²) in [4.78, 5) is 2.50. The van der Waals surface area contributed by atoms with Crippen molar-refractivity contribution in [1.82, 2.24) is 4.90 Å².